The van der Waals surface area contributed by atoms with E-state index in [0.29, 0.717) is 11.5 Å². The molecule has 31 heavy (non-hydrogen) atoms. The zero-order chi connectivity index (χ0) is 22.7. The number of hydrogen-bond acceptors (Lipinski definition) is 9. The van der Waals surface area contributed by atoms with Crippen molar-refractivity contribution in [1.82, 2.24) is 20.3 Å². The summed E-state index contributed by atoms with van der Waals surface area (Å²) in [6, 6.07) is 0. The molecule has 0 bridgehead atoms. The average Bonchev–Trinajstić information content (AvgIpc) is 3.06. The van der Waals surface area contributed by atoms with Crippen molar-refractivity contribution in [2.24, 2.45) is 4.99 Å². The molecule has 1 rings (SSSR count). The second kappa shape index (κ2) is 13.6. The first-order valence-corrected chi connectivity index (χ1v) is 9.62. The number of nitriles is 1. The predicted molar refractivity (Wildman–Crippen MR) is 104 cm³/mol. The number of thioether (sulfide) groups is 1. The minimum atomic E-state index is -2.84. The predicted octanol–water partition coefficient (Wildman–Crippen LogP) is -0.554. The van der Waals surface area contributed by atoms with Crippen molar-refractivity contribution in [3.05, 3.63) is 17.7 Å². The van der Waals surface area contributed by atoms with Crippen LogP contribution >= 0.6 is 11.8 Å². The van der Waals surface area contributed by atoms with Gasteiger partial charge in [-0.1, -0.05) is 0 Å². The van der Waals surface area contributed by atoms with Gasteiger partial charge in [-0.3, -0.25) is 15.1 Å². The van der Waals surface area contributed by atoms with E-state index in [0.717, 1.165) is 16.5 Å². The number of aromatic nitrogens is 2. The molecule has 1 aromatic rings. The fourth-order valence-electron chi connectivity index (χ4n) is 2.18. The van der Waals surface area contributed by atoms with Crippen LogP contribution in [-0.4, -0.2) is 79.2 Å². The molecule has 0 radical (unpaired) electrons. The summed E-state index contributed by atoms with van der Waals surface area (Å²) in [5, 5.41) is 39.8. The summed E-state index contributed by atoms with van der Waals surface area (Å²) in [7, 11) is 1.33. The number of carbonyl (C=O) groups excluding carboxylic acids is 1. The van der Waals surface area contributed by atoms with Crippen LogP contribution in [0.1, 0.15) is 24.2 Å². The number of nitrogens with one attached hydrogen (secondary N) is 2. The Kier molecular flexibility index (Phi) is 12.4. The summed E-state index contributed by atoms with van der Waals surface area (Å²) in [5.41, 5.74) is -1.07. The fraction of sp³-hybridized carbons (Fsp3) is 0.500. The van der Waals surface area contributed by atoms with Gasteiger partial charge in [0.05, 0.1) is 31.4 Å². The Bertz CT molecular complexity index is 843. The maximum atomic E-state index is 12.2. The molecule has 15 heteroatoms. The van der Waals surface area contributed by atoms with E-state index >= 15 is 0 Å². The average molecular weight is 508 g/mol. The second-order valence-corrected chi connectivity index (χ2v) is 7.07. The molecule has 166 valence electrons. The van der Waals surface area contributed by atoms with Gasteiger partial charge in [0.25, 0.3) is 0 Å². The van der Waals surface area contributed by atoms with E-state index in [4.69, 9.17) is 20.3 Å². The minimum Gasteiger partial charge on any atom is -0.481 e. The smallest absolute Gasteiger partial charge is 0.336 e. The molecule has 0 aromatic carbocycles. The SMILES string of the molecule is CN=C(NC#N)N(CCSCc1nc[nH]c1C)OC(=O)CC(O)(CC(=O)O)C(=O)O.[Zn]. The molecule has 0 spiro atoms. The van der Waals surface area contributed by atoms with Crippen molar-refractivity contribution in [3.8, 4) is 6.19 Å². The molecule has 0 saturated heterocycles. The van der Waals surface area contributed by atoms with Gasteiger partial charge in [-0.2, -0.15) is 22.1 Å². The summed E-state index contributed by atoms with van der Waals surface area (Å²) >= 11 is 1.45. The van der Waals surface area contributed by atoms with Gasteiger partial charge in [-0.05, 0) is 6.92 Å². The zero-order valence-corrected chi connectivity index (χ0v) is 20.8. The fourth-order valence-corrected chi connectivity index (χ4v) is 3.11. The van der Waals surface area contributed by atoms with Crippen molar-refractivity contribution < 1.29 is 54.0 Å². The Labute approximate surface area is 194 Å². The number of rotatable bonds is 10. The molecular weight excluding hydrogens is 486 g/mol. The number of carbonyl (C=O) groups is 3. The molecule has 0 amide bonds. The monoisotopic (exact) mass is 506 g/mol. The van der Waals surface area contributed by atoms with Crippen molar-refractivity contribution in [3.63, 3.8) is 0 Å². The topological polar surface area (TPSA) is 201 Å². The number of aliphatic hydroxyl groups is 1. The number of carboxylic acid groups (broad SMARTS) is 2. The van der Waals surface area contributed by atoms with Gasteiger partial charge in [0.2, 0.25) is 5.96 Å². The Morgan fingerprint density at radius 2 is 2.10 bits per heavy atom. The van der Waals surface area contributed by atoms with Crippen LogP contribution in [-0.2, 0) is 44.5 Å². The van der Waals surface area contributed by atoms with Crippen LogP contribution in [0.25, 0.3) is 0 Å². The summed E-state index contributed by atoms with van der Waals surface area (Å²) in [5.74, 6) is -3.84. The molecule has 1 heterocycles. The first-order chi connectivity index (χ1) is 14.1. The summed E-state index contributed by atoms with van der Waals surface area (Å²) in [6.45, 7) is 1.93. The van der Waals surface area contributed by atoms with Crippen molar-refractivity contribution in [2.45, 2.75) is 31.1 Å². The van der Waals surface area contributed by atoms with Gasteiger partial charge < -0.3 is 25.1 Å². The standard InChI is InChI=1S/C16H22N6O7S.Zn/c1-10-11(21-9-20-10)7-30-4-3-22(15(18-2)19-8-17)29-13(25)6-16(28,14(26)27)5-12(23)24;/h9,28H,3-7H2,1-2H3,(H,18,19)(H,20,21)(H,23,24)(H,26,27);. The normalized spacial score (nSPS) is 12.6. The van der Waals surface area contributed by atoms with E-state index < -0.39 is 36.4 Å². The van der Waals surface area contributed by atoms with Gasteiger partial charge in [0.15, 0.2) is 11.8 Å². The Morgan fingerprint density at radius 1 is 1.42 bits per heavy atom. The summed E-state index contributed by atoms with van der Waals surface area (Å²) < 4.78 is 0. The number of aromatic amines is 1. The van der Waals surface area contributed by atoms with Crippen LogP contribution in [0.4, 0.5) is 0 Å². The van der Waals surface area contributed by atoms with E-state index in [1.165, 1.54) is 18.8 Å². The number of carboxylic acids is 2. The molecule has 0 aliphatic carbocycles. The van der Waals surface area contributed by atoms with Crippen molar-refractivity contribution in [2.75, 3.05) is 19.3 Å². The molecule has 0 saturated carbocycles. The number of guanidine groups is 1. The van der Waals surface area contributed by atoms with Gasteiger partial charge in [0.1, 0.15) is 0 Å². The summed E-state index contributed by atoms with van der Waals surface area (Å²) in [6.07, 6.45) is 0.888. The Morgan fingerprint density at radius 3 is 2.58 bits per heavy atom. The van der Waals surface area contributed by atoms with Crippen LogP contribution in [0, 0.1) is 18.4 Å². The molecule has 1 aromatic heterocycles. The van der Waals surface area contributed by atoms with Gasteiger partial charge in [0, 0.05) is 43.7 Å². The van der Waals surface area contributed by atoms with Crippen LogP contribution in [0.2, 0.25) is 0 Å². The first-order valence-electron chi connectivity index (χ1n) is 8.47. The second-order valence-electron chi connectivity index (χ2n) is 5.96. The number of aliphatic imine (C=N–C) groups is 1. The number of imidazole rings is 1. The third kappa shape index (κ3) is 9.33. The largest absolute Gasteiger partial charge is 0.481 e. The van der Waals surface area contributed by atoms with Crippen LogP contribution in [0.5, 0.6) is 0 Å². The van der Waals surface area contributed by atoms with Crippen molar-refractivity contribution >= 4 is 35.6 Å². The van der Waals surface area contributed by atoms with E-state index in [2.05, 4.69) is 20.3 Å². The summed E-state index contributed by atoms with van der Waals surface area (Å²) in [4.78, 5) is 50.1. The number of hydroxylamine groups is 2. The first kappa shape index (κ1) is 28.3. The van der Waals surface area contributed by atoms with E-state index in [1.54, 1.807) is 12.5 Å². The third-order valence-corrected chi connectivity index (χ3v) is 4.67. The van der Waals surface area contributed by atoms with Gasteiger partial charge in [-0.25, -0.2) is 14.6 Å². The molecule has 0 aliphatic rings. The third-order valence-electron chi connectivity index (χ3n) is 3.72. The minimum absolute atomic E-state index is 0. The van der Waals surface area contributed by atoms with Gasteiger partial charge in [-0.15, -0.1) is 0 Å². The maximum Gasteiger partial charge on any atom is 0.336 e. The van der Waals surface area contributed by atoms with Gasteiger partial charge >= 0.3 is 17.9 Å². The van der Waals surface area contributed by atoms with E-state index in [-0.39, 0.29) is 32.0 Å². The Hall–Kier alpha value is -2.69. The van der Waals surface area contributed by atoms with Crippen LogP contribution in [0.15, 0.2) is 11.3 Å². The number of hydrogen-bond donors (Lipinski definition) is 5. The molecular formula is C16H22N6O7SZn. The molecule has 5 N–H and O–H groups in total. The Balaban J connectivity index is 0.00000900. The van der Waals surface area contributed by atoms with Crippen LogP contribution < -0.4 is 5.32 Å². The van der Waals surface area contributed by atoms with E-state index in [1.807, 2.05) is 6.92 Å². The van der Waals surface area contributed by atoms with Crippen LogP contribution in [0.3, 0.4) is 0 Å². The zero-order valence-electron chi connectivity index (χ0n) is 17.0. The van der Waals surface area contributed by atoms with Crippen molar-refractivity contribution in [1.29, 1.82) is 5.26 Å². The molecule has 13 nitrogen and oxygen atoms in total. The number of aryl methyl sites for hydroxylation is 1. The quantitative estimate of drug-likeness (QED) is 0.0515. The molecule has 1 unspecified atom stereocenters. The molecule has 0 aliphatic heterocycles. The molecule has 1 atom stereocenters. The maximum absolute atomic E-state index is 12.2. The number of H-pyrrole nitrogens is 1. The van der Waals surface area contributed by atoms with E-state index in [9.17, 15) is 19.5 Å². The number of aliphatic carboxylic acids is 2. The number of nitrogens with zero attached hydrogens (tertiary/aromatic N) is 4. The molecule has 0 fully saturated rings.